The highest BCUT2D eigenvalue weighted by molar-refractivity contribution is 6.33. The number of hydrogen-bond donors (Lipinski definition) is 0. The van der Waals surface area contributed by atoms with Gasteiger partial charge in [-0.15, -0.1) is 0 Å². The number of nitrogens with zero attached hydrogens (tertiary/aromatic N) is 9. The Morgan fingerprint density at radius 1 is 0.919 bits per heavy atom. The normalized spacial score (nSPS) is 24.6. The van der Waals surface area contributed by atoms with Gasteiger partial charge in [-0.3, -0.25) is 14.8 Å². The molecule has 13 nitrogen and oxygen atoms in total. The van der Waals surface area contributed by atoms with Crippen molar-refractivity contribution in [1.82, 2.24) is 44.7 Å². The standard InChI is InChI=1S/C47H61ClFN9O4/c1-44(2,3)57-20-9-15-46(27-57)23-29(24-46)41-52-35(62-55-41)14-13-30-33(48)22-34-31(26-51-58(34)36-12-7-8-21-59-36)37(30)40-38(49)39-32(25-50-40)42(61-45(4,5)6)54-43(53-39)60-28-47-16-10-18-56(47)19-11-17-47/h22,25-26,29,36H,7-21,23-24,27-28H2,1-6H3. The number of halogens is 2. The van der Waals surface area contributed by atoms with Crippen LogP contribution >= 0.6 is 11.6 Å². The Hall–Kier alpha value is -3.98. The zero-order valence-corrected chi connectivity index (χ0v) is 38.0. The SMILES string of the molecule is CC(C)(C)Oc1nc(OCC23CCCN2CCC3)nc2c(F)c(-c3c(CCc4nc(C5CC6(CCCN(C(C)(C)C)C6)C5)no4)c(Cl)cc4c3cnn4C3CCCCO3)ncc12. The van der Waals surface area contributed by atoms with Gasteiger partial charge in [-0.1, -0.05) is 16.8 Å². The van der Waals surface area contributed by atoms with Crippen molar-refractivity contribution < 1.29 is 23.1 Å². The lowest BCUT2D eigenvalue weighted by Crippen LogP contribution is -2.55. The van der Waals surface area contributed by atoms with Crippen LogP contribution in [0.3, 0.4) is 0 Å². The van der Waals surface area contributed by atoms with Crippen molar-refractivity contribution in [3.63, 3.8) is 0 Å². The predicted molar refractivity (Wildman–Crippen MR) is 235 cm³/mol. The minimum Gasteiger partial charge on any atom is -0.471 e. The molecule has 15 heteroatoms. The van der Waals surface area contributed by atoms with E-state index in [4.69, 9.17) is 55.4 Å². The van der Waals surface area contributed by atoms with Crippen molar-refractivity contribution >= 4 is 33.4 Å². The lowest BCUT2D eigenvalue weighted by Gasteiger charge is -2.55. The lowest BCUT2D eigenvalue weighted by molar-refractivity contribution is -0.0366. The van der Waals surface area contributed by atoms with Crippen molar-refractivity contribution in [3.8, 4) is 23.1 Å². The first-order valence-electron chi connectivity index (χ1n) is 23.0. The molecule has 8 heterocycles. The van der Waals surface area contributed by atoms with Gasteiger partial charge in [0.25, 0.3) is 0 Å². The van der Waals surface area contributed by atoms with E-state index in [9.17, 15) is 0 Å². The summed E-state index contributed by atoms with van der Waals surface area (Å²) in [5.41, 5.74) is 1.98. The monoisotopic (exact) mass is 869 g/mol. The highest BCUT2D eigenvalue weighted by Gasteiger charge is 2.50. The summed E-state index contributed by atoms with van der Waals surface area (Å²) in [6, 6.07) is 2.00. The molecule has 1 saturated carbocycles. The molecule has 1 atom stereocenters. The highest BCUT2D eigenvalue weighted by atomic mass is 35.5. The summed E-state index contributed by atoms with van der Waals surface area (Å²) in [7, 11) is 0. The van der Waals surface area contributed by atoms with Crippen LogP contribution in [0.4, 0.5) is 4.39 Å². The van der Waals surface area contributed by atoms with Gasteiger partial charge in [0, 0.05) is 53.2 Å². The molecule has 1 aromatic carbocycles. The Bertz CT molecular complexity index is 2450. The molecule has 4 saturated heterocycles. The van der Waals surface area contributed by atoms with E-state index in [0.29, 0.717) is 64.3 Å². The summed E-state index contributed by atoms with van der Waals surface area (Å²) in [5, 5.41) is 10.8. The minimum absolute atomic E-state index is 0.0442. The van der Waals surface area contributed by atoms with Gasteiger partial charge in [0.15, 0.2) is 17.9 Å². The maximum Gasteiger partial charge on any atom is 0.320 e. The number of piperidine rings is 1. The van der Waals surface area contributed by atoms with Crippen LogP contribution < -0.4 is 9.47 Å². The molecular formula is C47H61ClFN9O4. The first kappa shape index (κ1) is 42.0. The molecule has 62 heavy (non-hydrogen) atoms. The fraction of sp³-hybridized carbons (Fsp3) is 0.660. The van der Waals surface area contributed by atoms with Crippen molar-refractivity contribution in [2.24, 2.45) is 5.41 Å². The average molecular weight is 871 g/mol. The molecule has 1 unspecified atom stereocenters. The first-order chi connectivity index (χ1) is 29.7. The molecule has 4 aliphatic heterocycles. The number of likely N-dealkylation sites (tertiary alicyclic amines) is 1. The molecule has 0 amide bonds. The third-order valence-corrected chi connectivity index (χ3v) is 14.7. The summed E-state index contributed by atoms with van der Waals surface area (Å²) in [5.74, 6) is 1.19. The van der Waals surface area contributed by atoms with Crippen LogP contribution in [0.15, 0.2) is 23.0 Å². The predicted octanol–water partition coefficient (Wildman–Crippen LogP) is 9.64. The van der Waals surface area contributed by atoms with Gasteiger partial charge in [-0.05, 0) is 155 Å². The van der Waals surface area contributed by atoms with Gasteiger partial charge in [-0.25, -0.2) is 9.07 Å². The van der Waals surface area contributed by atoms with Crippen LogP contribution in [-0.2, 0) is 17.6 Å². The number of rotatable bonds is 10. The second kappa shape index (κ2) is 15.9. The Kier molecular flexibility index (Phi) is 10.8. The number of ether oxygens (including phenoxy) is 3. The van der Waals surface area contributed by atoms with Crippen LogP contribution in [0.25, 0.3) is 33.1 Å². The number of pyridine rings is 1. The average Bonchev–Trinajstić information content (AvgIpc) is 4.03. The van der Waals surface area contributed by atoms with Gasteiger partial charge in [-0.2, -0.15) is 20.1 Å². The second-order valence-electron chi connectivity index (χ2n) is 20.8. The summed E-state index contributed by atoms with van der Waals surface area (Å²) >= 11 is 7.27. The maximum atomic E-state index is 17.6. The molecular weight excluding hydrogens is 809 g/mol. The Balaban J connectivity index is 0.994. The Labute approximate surface area is 368 Å². The van der Waals surface area contributed by atoms with E-state index in [-0.39, 0.29) is 46.3 Å². The number of hydrogen-bond acceptors (Lipinski definition) is 12. The molecule has 1 spiro atoms. The smallest absolute Gasteiger partial charge is 0.320 e. The zero-order valence-electron chi connectivity index (χ0n) is 37.2. The third kappa shape index (κ3) is 7.85. The van der Waals surface area contributed by atoms with Crippen molar-refractivity contribution in [3.05, 3.63) is 46.6 Å². The number of fused-ring (bicyclic) bond motifs is 3. The van der Waals surface area contributed by atoms with E-state index < -0.39 is 11.4 Å². The van der Waals surface area contributed by atoms with E-state index in [1.54, 1.807) is 12.4 Å². The minimum atomic E-state index is -0.625. The molecule has 0 bridgehead atoms. The Morgan fingerprint density at radius 3 is 2.45 bits per heavy atom. The van der Waals surface area contributed by atoms with Gasteiger partial charge >= 0.3 is 6.01 Å². The molecule has 5 fully saturated rings. The summed E-state index contributed by atoms with van der Waals surface area (Å²) in [4.78, 5) is 24.3. The third-order valence-electron chi connectivity index (χ3n) is 14.3. The second-order valence-corrected chi connectivity index (χ2v) is 21.2. The highest BCUT2D eigenvalue weighted by Crippen LogP contribution is 2.55. The fourth-order valence-corrected chi connectivity index (χ4v) is 11.5. The molecule has 10 rings (SSSR count). The molecule has 0 radical (unpaired) electrons. The molecule has 5 aliphatic rings. The van der Waals surface area contributed by atoms with Crippen LogP contribution in [-0.4, -0.2) is 101 Å². The summed E-state index contributed by atoms with van der Waals surface area (Å²) < 4.78 is 44.3. The van der Waals surface area contributed by atoms with Crippen molar-refractivity contribution in [1.29, 1.82) is 0 Å². The van der Waals surface area contributed by atoms with E-state index in [0.717, 1.165) is 95.3 Å². The zero-order chi connectivity index (χ0) is 43.0. The Morgan fingerprint density at radius 2 is 1.71 bits per heavy atom. The van der Waals surface area contributed by atoms with Crippen molar-refractivity contribution in [2.45, 2.75) is 154 Å². The fourth-order valence-electron chi connectivity index (χ4n) is 11.2. The van der Waals surface area contributed by atoms with Crippen LogP contribution in [0.5, 0.6) is 11.9 Å². The van der Waals surface area contributed by atoms with Gasteiger partial charge < -0.3 is 18.7 Å². The number of benzene rings is 1. The van der Waals surface area contributed by atoms with Gasteiger partial charge in [0.05, 0.1) is 22.6 Å². The van der Waals surface area contributed by atoms with Crippen LogP contribution in [0.2, 0.25) is 5.02 Å². The van der Waals surface area contributed by atoms with E-state index in [1.807, 2.05) is 31.5 Å². The topological polar surface area (TPSA) is 130 Å². The van der Waals surface area contributed by atoms with Gasteiger partial charge in [0.2, 0.25) is 11.8 Å². The molecule has 1 aliphatic carbocycles. The largest absolute Gasteiger partial charge is 0.471 e. The van der Waals surface area contributed by atoms with Crippen LogP contribution in [0.1, 0.15) is 142 Å². The van der Waals surface area contributed by atoms with E-state index in [2.05, 4.69) is 35.7 Å². The maximum absolute atomic E-state index is 17.6. The van der Waals surface area contributed by atoms with Crippen molar-refractivity contribution in [2.75, 3.05) is 39.4 Å². The van der Waals surface area contributed by atoms with Crippen LogP contribution in [0, 0.1) is 11.2 Å². The van der Waals surface area contributed by atoms with E-state index in [1.165, 1.54) is 12.8 Å². The lowest BCUT2D eigenvalue weighted by atomic mass is 9.58. The van der Waals surface area contributed by atoms with E-state index >= 15 is 4.39 Å². The number of aromatic nitrogens is 7. The molecule has 5 aromatic rings. The number of aryl methyl sites for hydroxylation is 1. The summed E-state index contributed by atoms with van der Waals surface area (Å²) in [6.45, 7) is 18.2. The quantitative estimate of drug-likeness (QED) is 0.133. The molecule has 4 aromatic heterocycles. The molecule has 0 N–H and O–H groups in total. The van der Waals surface area contributed by atoms with Gasteiger partial charge in [0.1, 0.15) is 23.4 Å². The summed E-state index contributed by atoms with van der Waals surface area (Å²) in [6.07, 6.45) is 15.8. The molecule has 332 valence electrons. The first-order valence-corrected chi connectivity index (χ1v) is 23.4.